The molecule has 0 fully saturated rings. The smallest absolute Gasteiger partial charge is 0.194 e. The van der Waals surface area contributed by atoms with Crippen LogP contribution in [0.4, 0.5) is 0 Å². The number of carbonyl (C=O) groups excluding carboxylic acids is 2. The summed E-state index contributed by atoms with van der Waals surface area (Å²) in [6.45, 7) is 3.68. The van der Waals surface area contributed by atoms with E-state index in [9.17, 15) is 14.7 Å². The molecule has 0 saturated carbocycles. The van der Waals surface area contributed by atoms with Crippen molar-refractivity contribution >= 4 is 11.6 Å². The molecule has 0 radical (unpaired) electrons. The highest BCUT2D eigenvalue weighted by molar-refractivity contribution is 6.28. The fraction of sp³-hybridized carbons (Fsp3) is 0.0909. The summed E-state index contributed by atoms with van der Waals surface area (Å²) in [5.41, 5.74) is 5.12. The minimum absolute atomic E-state index is 0.116. The van der Waals surface area contributed by atoms with Gasteiger partial charge in [0, 0.05) is 22.3 Å². The highest BCUT2D eigenvalue weighted by Gasteiger charge is 2.29. The van der Waals surface area contributed by atoms with Gasteiger partial charge in [-0.25, -0.2) is 0 Å². The molecular weight excluding hydrogens is 312 g/mol. The molecule has 4 rings (SSSR count). The number of aromatic hydroxyl groups is 1. The molecule has 1 N–H and O–H groups in total. The van der Waals surface area contributed by atoms with Crippen molar-refractivity contribution < 1.29 is 14.7 Å². The van der Waals surface area contributed by atoms with Crippen molar-refractivity contribution in [3.05, 3.63) is 88.0 Å². The Kier molecular flexibility index (Phi) is 3.32. The first-order valence-corrected chi connectivity index (χ1v) is 8.10. The molecule has 3 aromatic carbocycles. The molecule has 3 nitrogen and oxygen atoms in total. The van der Waals surface area contributed by atoms with E-state index in [-0.39, 0.29) is 17.3 Å². The molecule has 1 aliphatic rings. The Morgan fingerprint density at radius 2 is 1.16 bits per heavy atom. The summed E-state index contributed by atoms with van der Waals surface area (Å²) in [4.78, 5) is 25.5. The summed E-state index contributed by atoms with van der Waals surface area (Å²) in [6.07, 6.45) is 0. The average molecular weight is 328 g/mol. The lowest BCUT2D eigenvalue weighted by atomic mass is 9.82. The van der Waals surface area contributed by atoms with Crippen LogP contribution in [0, 0.1) is 13.8 Å². The van der Waals surface area contributed by atoms with Gasteiger partial charge in [-0.1, -0.05) is 30.3 Å². The predicted molar refractivity (Wildman–Crippen MR) is 96.3 cm³/mol. The lowest BCUT2D eigenvalue weighted by Gasteiger charge is -2.18. The minimum atomic E-state index is -0.126. The van der Waals surface area contributed by atoms with Crippen LogP contribution < -0.4 is 0 Å². The van der Waals surface area contributed by atoms with Crippen LogP contribution in [0.25, 0.3) is 11.1 Å². The van der Waals surface area contributed by atoms with Crippen molar-refractivity contribution in [3.8, 4) is 16.9 Å². The second-order valence-corrected chi connectivity index (χ2v) is 6.42. The van der Waals surface area contributed by atoms with Crippen molar-refractivity contribution in [3.63, 3.8) is 0 Å². The first-order chi connectivity index (χ1) is 12.0. The molecule has 0 bridgehead atoms. The molecule has 3 heteroatoms. The zero-order valence-corrected chi connectivity index (χ0v) is 14.0. The maximum absolute atomic E-state index is 12.8. The highest BCUT2D eigenvalue weighted by atomic mass is 16.3. The first-order valence-electron chi connectivity index (χ1n) is 8.10. The number of carbonyl (C=O) groups is 2. The molecule has 0 aromatic heterocycles. The van der Waals surface area contributed by atoms with Gasteiger partial charge in [-0.3, -0.25) is 9.59 Å². The van der Waals surface area contributed by atoms with Gasteiger partial charge in [0.15, 0.2) is 11.6 Å². The lowest BCUT2D eigenvalue weighted by molar-refractivity contribution is 0.0979. The summed E-state index contributed by atoms with van der Waals surface area (Å²) >= 11 is 0. The van der Waals surface area contributed by atoms with E-state index >= 15 is 0 Å². The minimum Gasteiger partial charge on any atom is -0.507 e. The van der Waals surface area contributed by atoms with Crippen LogP contribution in [0.5, 0.6) is 5.75 Å². The van der Waals surface area contributed by atoms with Crippen LogP contribution in [-0.2, 0) is 0 Å². The maximum Gasteiger partial charge on any atom is 0.194 e. The zero-order chi connectivity index (χ0) is 17.7. The Morgan fingerprint density at radius 3 is 1.76 bits per heavy atom. The maximum atomic E-state index is 12.8. The van der Waals surface area contributed by atoms with Crippen molar-refractivity contribution in [2.24, 2.45) is 0 Å². The van der Waals surface area contributed by atoms with Crippen LogP contribution in [-0.4, -0.2) is 16.7 Å². The fourth-order valence-electron chi connectivity index (χ4n) is 3.40. The molecule has 0 atom stereocenters. The third kappa shape index (κ3) is 2.28. The largest absolute Gasteiger partial charge is 0.507 e. The number of fused-ring (bicyclic) bond motifs is 2. The molecule has 25 heavy (non-hydrogen) atoms. The second-order valence-electron chi connectivity index (χ2n) is 6.42. The standard InChI is InChI=1S/C22H16O3/c1-12-9-15(10-13(2)20(12)23)14-7-8-18-19(11-14)22(25)17-6-4-3-5-16(17)21(18)24/h3-11,23H,1-2H3. The SMILES string of the molecule is Cc1cc(-c2ccc3c(c2)C(=O)c2ccccc2C3=O)cc(C)c1O. The first kappa shape index (κ1) is 15.3. The van der Waals surface area contributed by atoms with Gasteiger partial charge in [-0.2, -0.15) is 0 Å². The van der Waals surface area contributed by atoms with Crippen LogP contribution in [0.1, 0.15) is 43.0 Å². The van der Waals surface area contributed by atoms with E-state index in [1.165, 1.54) is 0 Å². The van der Waals surface area contributed by atoms with E-state index in [0.29, 0.717) is 22.3 Å². The zero-order valence-electron chi connectivity index (χ0n) is 14.0. The topological polar surface area (TPSA) is 54.4 Å². The van der Waals surface area contributed by atoms with Crippen molar-refractivity contribution in [1.29, 1.82) is 0 Å². The molecule has 0 unspecified atom stereocenters. The van der Waals surface area contributed by atoms with Crippen LogP contribution >= 0.6 is 0 Å². The number of hydrogen-bond donors (Lipinski definition) is 1. The number of aryl methyl sites for hydroxylation is 2. The quantitative estimate of drug-likeness (QED) is 0.561. The van der Waals surface area contributed by atoms with Gasteiger partial charge in [0.05, 0.1) is 0 Å². The number of benzene rings is 3. The number of phenolic OH excluding ortho intramolecular Hbond substituents is 1. The molecular formula is C22H16O3. The van der Waals surface area contributed by atoms with E-state index in [1.54, 1.807) is 36.4 Å². The third-order valence-corrected chi connectivity index (χ3v) is 4.75. The third-order valence-electron chi connectivity index (χ3n) is 4.75. The van der Waals surface area contributed by atoms with Gasteiger partial charge >= 0.3 is 0 Å². The Bertz CT molecular complexity index is 1040. The Hall–Kier alpha value is -3.20. The number of rotatable bonds is 1. The Morgan fingerprint density at radius 1 is 0.640 bits per heavy atom. The Labute approximate surface area is 145 Å². The summed E-state index contributed by atoms with van der Waals surface area (Å²) in [5.74, 6) is 0.0379. The summed E-state index contributed by atoms with van der Waals surface area (Å²) in [5, 5.41) is 9.96. The summed E-state index contributed by atoms with van der Waals surface area (Å²) in [7, 11) is 0. The molecule has 0 aliphatic heterocycles. The van der Waals surface area contributed by atoms with E-state index in [1.807, 2.05) is 32.0 Å². The molecule has 0 amide bonds. The highest BCUT2D eigenvalue weighted by Crippen LogP contribution is 2.33. The number of phenols is 1. The average Bonchev–Trinajstić information content (AvgIpc) is 2.63. The molecule has 0 saturated heterocycles. The molecule has 0 spiro atoms. The van der Waals surface area contributed by atoms with Gasteiger partial charge in [-0.15, -0.1) is 0 Å². The molecule has 0 heterocycles. The van der Waals surface area contributed by atoms with Gasteiger partial charge < -0.3 is 5.11 Å². The number of ketones is 2. The predicted octanol–water partition coefficient (Wildman–Crippen LogP) is 4.45. The van der Waals surface area contributed by atoms with Gasteiger partial charge in [0.25, 0.3) is 0 Å². The fourth-order valence-corrected chi connectivity index (χ4v) is 3.40. The molecule has 122 valence electrons. The van der Waals surface area contributed by atoms with Crippen LogP contribution in [0.3, 0.4) is 0 Å². The van der Waals surface area contributed by atoms with Crippen molar-refractivity contribution in [1.82, 2.24) is 0 Å². The van der Waals surface area contributed by atoms with Gasteiger partial charge in [-0.05, 0) is 60.4 Å². The second kappa shape index (κ2) is 5.42. The monoisotopic (exact) mass is 328 g/mol. The van der Waals surface area contributed by atoms with E-state index in [4.69, 9.17) is 0 Å². The number of hydrogen-bond acceptors (Lipinski definition) is 3. The van der Waals surface area contributed by atoms with Crippen LogP contribution in [0.15, 0.2) is 54.6 Å². The van der Waals surface area contributed by atoms with E-state index in [2.05, 4.69) is 0 Å². The summed E-state index contributed by atoms with van der Waals surface area (Å²) in [6, 6.07) is 16.0. The van der Waals surface area contributed by atoms with Crippen molar-refractivity contribution in [2.75, 3.05) is 0 Å². The molecule has 1 aliphatic carbocycles. The summed E-state index contributed by atoms with van der Waals surface area (Å²) < 4.78 is 0. The van der Waals surface area contributed by atoms with Crippen molar-refractivity contribution in [2.45, 2.75) is 13.8 Å². The van der Waals surface area contributed by atoms with Gasteiger partial charge in [0.1, 0.15) is 5.75 Å². The van der Waals surface area contributed by atoms with Gasteiger partial charge in [0.2, 0.25) is 0 Å². The lowest BCUT2D eigenvalue weighted by Crippen LogP contribution is -2.20. The van der Waals surface area contributed by atoms with Crippen LogP contribution in [0.2, 0.25) is 0 Å². The van der Waals surface area contributed by atoms with E-state index in [0.717, 1.165) is 22.3 Å². The Balaban J connectivity index is 1.89. The van der Waals surface area contributed by atoms with E-state index < -0.39 is 0 Å². The normalized spacial score (nSPS) is 12.7. The molecule has 3 aromatic rings.